The number of allylic oxidation sites excluding steroid dienone is 1. The van der Waals surface area contributed by atoms with Gasteiger partial charge in [-0.25, -0.2) is 4.68 Å². The predicted molar refractivity (Wildman–Crippen MR) is 96.6 cm³/mol. The molecule has 1 aromatic heterocycles. The largest absolute Gasteiger partial charge is 0.497 e. The Bertz CT molecular complexity index is 937. The Morgan fingerprint density at radius 1 is 1.12 bits per heavy atom. The Labute approximate surface area is 146 Å². The molecule has 0 bridgehead atoms. The third kappa shape index (κ3) is 3.54. The monoisotopic (exact) mass is 331 g/mol. The molecule has 1 heterocycles. The maximum absolute atomic E-state index is 9.56. The number of methoxy groups -OCH3 is 2. The summed E-state index contributed by atoms with van der Waals surface area (Å²) in [6.07, 6.45) is 5.29. The van der Waals surface area contributed by atoms with Gasteiger partial charge in [0.25, 0.3) is 0 Å². The highest BCUT2D eigenvalue weighted by molar-refractivity contribution is 5.90. The standard InChI is InChI=1S/C20H17N3O2/c1-24-19-9-8-15(20(11-19)25-2)10-16(12-21)17-13-22-23(14-17)18-6-4-3-5-7-18/h3-11,13-14H,1-2H3. The summed E-state index contributed by atoms with van der Waals surface area (Å²) in [5.41, 5.74) is 2.98. The van der Waals surface area contributed by atoms with E-state index in [0.29, 0.717) is 17.1 Å². The molecule has 0 aliphatic rings. The van der Waals surface area contributed by atoms with Crippen molar-refractivity contribution in [3.63, 3.8) is 0 Å². The lowest BCUT2D eigenvalue weighted by Crippen LogP contribution is -1.92. The Hall–Kier alpha value is -3.52. The average molecular weight is 331 g/mol. The minimum Gasteiger partial charge on any atom is -0.497 e. The van der Waals surface area contributed by atoms with Crippen molar-refractivity contribution in [1.29, 1.82) is 5.26 Å². The van der Waals surface area contributed by atoms with E-state index in [1.54, 1.807) is 37.2 Å². The molecule has 3 aromatic rings. The van der Waals surface area contributed by atoms with Gasteiger partial charge in [0.1, 0.15) is 11.5 Å². The van der Waals surface area contributed by atoms with Crippen LogP contribution < -0.4 is 9.47 Å². The van der Waals surface area contributed by atoms with E-state index in [-0.39, 0.29) is 0 Å². The van der Waals surface area contributed by atoms with Crippen molar-refractivity contribution in [2.24, 2.45) is 0 Å². The molecule has 5 nitrogen and oxygen atoms in total. The van der Waals surface area contributed by atoms with Gasteiger partial charge in [-0.2, -0.15) is 10.4 Å². The van der Waals surface area contributed by atoms with Crippen molar-refractivity contribution in [2.45, 2.75) is 0 Å². The molecule has 0 spiro atoms. The summed E-state index contributed by atoms with van der Waals surface area (Å²) < 4.78 is 12.3. The van der Waals surface area contributed by atoms with Crippen LogP contribution in [0.25, 0.3) is 17.3 Å². The first-order valence-electron chi connectivity index (χ1n) is 7.69. The third-order valence-corrected chi connectivity index (χ3v) is 3.78. The lowest BCUT2D eigenvalue weighted by Gasteiger charge is -2.07. The second kappa shape index (κ2) is 7.37. The van der Waals surface area contributed by atoms with Crippen LogP contribution in [0.2, 0.25) is 0 Å². The van der Waals surface area contributed by atoms with Gasteiger partial charge in [-0.1, -0.05) is 18.2 Å². The highest BCUT2D eigenvalue weighted by Crippen LogP contribution is 2.28. The summed E-state index contributed by atoms with van der Waals surface area (Å²) >= 11 is 0. The summed E-state index contributed by atoms with van der Waals surface area (Å²) in [6, 6.07) is 17.5. The number of ether oxygens (including phenoxy) is 2. The van der Waals surface area contributed by atoms with Crippen LogP contribution >= 0.6 is 0 Å². The molecule has 0 amide bonds. The topological polar surface area (TPSA) is 60.1 Å². The fourth-order valence-corrected chi connectivity index (χ4v) is 2.46. The minimum atomic E-state index is 0.505. The molecule has 3 rings (SSSR count). The third-order valence-electron chi connectivity index (χ3n) is 3.78. The lowest BCUT2D eigenvalue weighted by atomic mass is 10.1. The maximum Gasteiger partial charge on any atom is 0.129 e. The molecule has 0 atom stereocenters. The van der Waals surface area contributed by atoms with Crippen LogP contribution in [0.15, 0.2) is 60.9 Å². The summed E-state index contributed by atoms with van der Waals surface area (Å²) in [6.45, 7) is 0. The van der Waals surface area contributed by atoms with E-state index < -0.39 is 0 Å². The summed E-state index contributed by atoms with van der Waals surface area (Å²) in [5.74, 6) is 1.34. The van der Waals surface area contributed by atoms with Crippen LogP contribution in [0.4, 0.5) is 0 Å². The van der Waals surface area contributed by atoms with Gasteiger partial charge in [0, 0.05) is 23.4 Å². The molecule has 0 saturated carbocycles. The number of benzene rings is 2. The van der Waals surface area contributed by atoms with Gasteiger partial charge in [-0.05, 0) is 30.3 Å². The second-order valence-corrected chi connectivity index (χ2v) is 5.29. The van der Waals surface area contributed by atoms with Crippen LogP contribution in [0.5, 0.6) is 11.5 Å². The molecule has 0 fully saturated rings. The number of hydrogen-bond acceptors (Lipinski definition) is 4. The zero-order valence-corrected chi connectivity index (χ0v) is 14.0. The van der Waals surface area contributed by atoms with Crippen LogP contribution in [-0.2, 0) is 0 Å². The fraction of sp³-hybridized carbons (Fsp3) is 0.100. The molecule has 0 saturated heterocycles. The molecule has 2 aromatic carbocycles. The smallest absolute Gasteiger partial charge is 0.129 e. The summed E-state index contributed by atoms with van der Waals surface area (Å²) in [7, 11) is 3.19. The average Bonchev–Trinajstić information content (AvgIpc) is 3.16. The molecule has 25 heavy (non-hydrogen) atoms. The van der Waals surface area contributed by atoms with E-state index in [4.69, 9.17) is 9.47 Å². The van der Waals surface area contributed by atoms with Gasteiger partial charge < -0.3 is 9.47 Å². The number of rotatable bonds is 5. The van der Waals surface area contributed by atoms with Crippen molar-refractivity contribution in [3.05, 3.63) is 72.1 Å². The Morgan fingerprint density at radius 3 is 2.60 bits per heavy atom. The van der Waals surface area contributed by atoms with Crippen molar-refractivity contribution in [1.82, 2.24) is 9.78 Å². The fourth-order valence-electron chi connectivity index (χ4n) is 2.46. The van der Waals surface area contributed by atoms with Gasteiger partial charge >= 0.3 is 0 Å². The van der Waals surface area contributed by atoms with Crippen molar-refractivity contribution >= 4 is 11.6 Å². The first-order chi connectivity index (χ1) is 12.2. The minimum absolute atomic E-state index is 0.505. The number of para-hydroxylation sites is 1. The van der Waals surface area contributed by atoms with E-state index in [1.807, 2.05) is 48.7 Å². The predicted octanol–water partition coefficient (Wildman–Crippen LogP) is 3.95. The van der Waals surface area contributed by atoms with Crippen LogP contribution in [-0.4, -0.2) is 24.0 Å². The Kier molecular flexibility index (Phi) is 4.82. The second-order valence-electron chi connectivity index (χ2n) is 5.29. The Morgan fingerprint density at radius 2 is 1.92 bits per heavy atom. The SMILES string of the molecule is COc1ccc(C=C(C#N)c2cnn(-c3ccccc3)c2)c(OC)c1. The highest BCUT2D eigenvalue weighted by Gasteiger charge is 2.09. The highest BCUT2D eigenvalue weighted by atomic mass is 16.5. The van der Waals surface area contributed by atoms with Crippen LogP contribution in [0.3, 0.4) is 0 Å². The van der Waals surface area contributed by atoms with Gasteiger partial charge in [-0.3, -0.25) is 0 Å². The van der Waals surface area contributed by atoms with Crippen LogP contribution in [0, 0.1) is 11.3 Å². The normalized spacial score (nSPS) is 11.0. The van der Waals surface area contributed by atoms with Crippen molar-refractivity contribution < 1.29 is 9.47 Å². The van der Waals surface area contributed by atoms with Gasteiger partial charge in [-0.15, -0.1) is 0 Å². The molecular weight excluding hydrogens is 314 g/mol. The van der Waals surface area contributed by atoms with Crippen LogP contribution in [0.1, 0.15) is 11.1 Å². The van der Waals surface area contributed by atoms with Gasteiger partial charge in [0.15, 0.2) is 0 Å². The molecule has 0 radical (unpaired) electrons. The molecule has 0 aliphatic carbocycles. The number of nitrogens with zero attached hydrogens (tertiary/aromatic N) is 3. The van der Waals surface area contributed by atoms with E-state index in [9.17, 15) is 5.26 Å². The summed E-state index contributed by atoms with van der Waals surface area (Å²) in [5, 5.41) is 13.9. The number of hydrogen-bond donors (Lipinski definition) is 0. The lowest BCUT2D eigenvalue weighted by molar-refractivity contribution is 0.394. The zero-order chi connectivity index (χ0) is 17.6. The molecule has 0 aliphatic heterocycles. The maximum atomic E-state index is 9.56. The van der Waals surface area contributed by atoms with E-state index in [1.165, 1.54) is 0 Å². The molecule has 0 N–H and O–H groups in total. The number of aromatic nitrogens is 2. The molecular formula is C20H17N3O2. The van der Waals surface area contributed by atoms with Crippen molar-refractivity contribution in [2.75, 3.05) is 14.2 Å². The van der Waals surface area contributed by atoms with E-state index in [0.717, 1.165) is 16.8 Å². The quantitative estimate of drug-likeness (QED) is 0.664. The van der Waals surface area contributed by atoms with E-state index in [2.05, 4.69) is 11.2 Å². The van der Waals surface area contributed by atoms with Gasteiger partial charge in [0.2, 0.25) is 0 Å². The Balaban J connectivity index is 1.97. The zero-order valence-electron chi connectivity index (χ0n) is 14.0. The molecule has 5 heteroatoms. The summed E-state index contributed by atoms with van der Waals surface area (Å²) in [4.78, 5) is 0. The first kappa shape index (κ1) is 16.3. The van der Waals surface area contributed by atoms with Crippen molar-refractivity contribution in [3.8, 4) is 23.3 Å². The number of nitriles is 1. The molecule has 0 unspecified atom stereocenters. The van der Waals surface area contributed by atoms with E-state index >= 15 is 0 Å². The first-order valence-corrected chi connectivity index (χ1v) is 7.69. The van der Waals surface area contributed by atoms with Gasteiger partial charge in [0.05, 0.1) is 37.7 Å². The molecule has 124 valence electrons.